The summed E-state index contributed by atoms with van der Waals surface area (Å²) in [6.45, 7) is 1.35. The highest BCUT2D eigenvalue weighted by molar-refractivity contribution is 7.90. The Morgan fingerprint density at radius 2 is 1.14 bits per heavy atom. The quantitative estimate of drug-likeness (QED) is 0.154. The van der Waals surface area contributed by atoms with Crippen molar-refractivity contribution >= 4 is 60.0 Å². The average Bonchev–Trinajstić information content (AvgIpc) is 3.04. The van der Waals surface area contributed by atoms with Crippen LogP contribution in [-0.4, -0.2) is 60.2 Å². The van der Waals surface area contributed by atoms with E-state index in [1.54, 1.807) is 42.5 Å². The highest BCUT2D eigenvalue weighted by Crippen LogP contribution is 2.35. The van der Waals surface area contributed by atoms with Gasteiger partial charge in [-0.2, -0.15) is 9.44 Å². The smallest absolute Gasteiger partial charge is 0.419 e. The predicted octanol–water partition coefficient (Wildman–Crippen LogP) is 4.53. The van der Waals surface area contributed by atoms with Crippen LogP contribution in [0, 0.1) is 0 Å². The molecule has 1 amide bonds. The van der Waals surface area contributed by atoms with Crippen molar-refractivity contribution in [2.45, 2.75) is 92.4 Å². The molecular weight excluding hydrogens is 673 g/mol. The number of hydrogen-bond donors (Lipinski definition) is 3. The Bertz CT molecular complexity index is 1930. The lowest BCUT2D eigenvalue weighted by molar-refractivity contribution is -0.191. The maximum absolute atomic E-state index is 13.9. The summed E-state index contributed by atoms with van der Waals surface area (Å²) in [5.41, 5.74) is -2.22. The van der Waals surface area contributed by atoms with Gasteiger partial charge in [-0.1, -0.05) is 37.1 Å². The van der Waals surface area contributed by atoms with Crippen LogP contribution in [0.3, 0.4) is 0 Å². The van der Waals surface area contributed by atoms with E-state index < -0.39 is 43.4 Å². The van der Waals surface area contributed by atoms with E-state index in [0.717, 1.165) is 18.5 Å². The van der Waals surface area contributed by atoms with Gasteiger partial charge in [0.2, 0.25) is 26.0 Å². The molecular formula is C34H42N4O9S2. The third kappa shape index (κ3) is 8.40. The molecule has 13 nitrogen and oxygen atoms in total. The number of carbonyl (C=O) groups excluding carboxylic acids is 3. The van der Waals surface area contributed by atoms with Crippen molar-refractivity contribution in [2.75, 3.05) is 24.3 Å². The van der Waals surface area contributed by atoms with Crippen LogP contribution in [0.1, 0.15) is 71.1 Å². The number of nitrogens with zero attached hydrogens (tertiary/aromatic N) is 1. The van der Waals surface area contributed by atoms with E-state index in [1.165, 1.54) is 25.1 Å². The predicted molar refractivity (Wildman–Crippen MR) is 183 cm³/mol. The second kappa shape index (κ2) is 14.4. The molecule has 15 heteroatoms. The van der Waals surface area contributed by atoms with E-state index in [-0.39, 0.29) is 41.4 Å². The molecule has 3 aromatic carbocycles. The Morgan fingerprint density at radius 3 is 1.65 bits per heavy atom. The number of sulfonamides is 2. The lowest BCUT2D eigenvalue weighted by Gasteiger charge is -2.38. The molecule has 0 spiro atoms. The van der Waals surface area contributed by atoms with Gasteiger partial charge in [-0.3, -0.25) is 4.79 Å². The zero-order valence-corrected chi connectivity index (χ0v) is 29.4. The van der Waals surface area contributed by atoms with Gasteiger partial charge in [0.1, 0.15) is 0 Å². The fourth-order valence-corrected chi connectivity index (χ4v) is 9.39. The van der Waals surface area contributed by atoms with Crippen molar-refractivity contribution < 1.29 is 40.7 Å². The van der Waals surface area contributed by atoms with E-state index in [9.17, 15) is 31.2 Å². The summed E-state index contributed by atoms with van der Waals surface area (Å²) < 4.78 is 71.2. The molecule has 2 aliphatic carbocycles. The van der Waals surface area contributed by atoms with Crippen LogP contribution in [-0.2, 0) is 43.9 Å². The van der Waals surface area contributed by atoms with Crippen LogP contribution >= 0.6 is 0 Å². The zero-order chi connectivity index (χ0) is 35.5. The Kier molecular flexibility index (Phi) is 10.7. The normalized spacial score (nSPS) is 17.5. The molecule has 0 radical (unpaired) electrons. The van der Waals surface area contributed by atoms with Gasteiger partial charge in [-0.05, 0) is 62.1 Å². The first-order valence-electron chi connectivity index (χ1n) is 16.3. The third-order valence-corrected chi connectivity index (χ3v) is 12.0. The first kappa shape index (κ1) is 36.2. The second-order valence-corrected chi connectivity index (χ2v) is 16.2. The highest BCUT2D eigenvalue weighted by atomic mass is 32.2. The van der Waals surface area contributed by atoms with Gasteiger partial charge in [-0.25, -0.2) is 26.4 Å². The van der Waals surface area contributed by atoms with E-state index in [0.29, 0.717) is 42.1 Å². The largest absolute Gasteiger partial charge is 0.434 e. The van der Waals surface area contributed by atoms with Gasteiger partial charge in [0, 0.05) is 68.8 Å². The molecule has 0 saturated heterocycles. The maximum atomic E-state index is 13.9. The van der Waals surface area contributed by atoms with Crippen LogP contribution in [0.4, 0.5) is 11.4 Å². The van der Waals surface area contributed by atoms with Gasteiger partial charge in [0.15, 0.2) is 11.4 Å². The Balaban J connectivity index is 1.37. The summed E-state index contributed by atoms with van der Waals surface area (Å²) >= 11 is 0. The topological polar surface area (TPSA) is 177 Å². The minimum Gasteiger partial charge on any atom is -0.434 e. The van der Waals surface area contributed by atoms with Crippen LogP contribution in [0.15, 0.2) is 70.5 Å². The monoisotopic (exact) mass is 714 g/mol. The number of rotatable bonds is 10. The van der Waals surface area contributed by atoms with Gasteiger partial charge >= 0.3 is 11.9 Å². The number of hydrogen-bond acceptors (Lipinski definition) is 10. The van der Waals surface area contributed by atoms with Crippen molar-refractivity contribution in [3.8, 4) is 0 Å². The Morgan fingerprint density at radius 1 is 0.653 bits per heavy atom. The van der Waals surface area contributed by atoms with E-state index in [4.69, 9.17) is 9.47 Å². The first-order valence-corrected chi connectivity index (χ1v) is 19.2. The van der Waals surface area contributed by atoms with E-state index in [2.05, 4.69) is 14.8 Å². The van der Waals surface area contributed by atoms with Gasteiger partial charge < -0.3 is 19.7 Å². The number of amides is 1. The van der Waals surface area contributed by atoms with Gasteiger partial charge in [-0.15, -0.1) is 0 Å². The summed E-state index contributed by atoms with van der Waals surface area (Å²) in [6, 6.07) is 15.7. The molecule has 0 unspecified atom stereocenters. The van der Waals surface area contributed by atoms with E-state index >= 15 is 0 Å². The van der Waals surface area contributed by atoms with Crippen molar-refractivity contribution in [1.82, 2.24) is 9.44 Å². The van der Waals surface area contributed by atoms with Crippen molar-refractivity contribution in [3.63, 3.8) is 0 Å². The molecule has 3 aromatic rings. The average molecular weight is 715 g/mol. The number of anilines is 2. The molecule has 2 saturated carbocycles. The lowest BCUT2D eigenvalue weighted by atomic mass is 9.92. The number of fused-ring (bicyclic) bond motifs is 1. The molecule has 2 fully saturated rings. The summed E-state index contributed by atoms with van der Waals surface area (Å²) in [5, 5.41) is 3.53. The SMILES string of the molecule is CC(=O)Nc1cccc2c(S(=O)(=O)NC3(OC(=O)C(=O)OC4(NS(=O)(=O)c5ccc(N(C)C)cc5)CCCCC4)CCCCC3)cccc12. The molecule has 264 valence electrons. The zero-order valence-electron chi connectivity index (χ0n) is 27.8. The Labute approximate surface area is 286 Å². The molecule has 0 heterocycles. The minimum atomic E-state index is -4.35. The number of carbonyl (C=O) groups is 3. The van der Waals surface area contributed by atoms with Crippen LogP contribution < -0.4 is 19.7 Å². The second-order valence-electron chi connectivity index (χ2n) is 12.8. The minimum absolute atomic E-state index is 0.0325. The number of ether oxygens (including phenoxy) is 2. The fraction of sp³-hybridized carbons (Fsp3) is 0.441. The lowest BCUT2D eigenvalue weighted by Crippen LogP contribution is -2.56. The van der Waals surface area contributed by atoms with Crippen LogP contribution in [0.5, 0.6) is 0 Å². The molecule has 0 aromatic heterocycles. The van der Waals surface area contributed by atoms with Crippen molar-refractivity contribution in [1.29, 1.82) is 0 Å². The molecule has 0 aliphatic heterocycles. The maximum Gasteiger partial charge on any atom is 0.419 e. The highest BCUT2D eigenvalue weighted by Gasteiger charge is 2.46. The Hall–Kier alpha value is -4.05. The fourth-order valence-electron chi connectivity index (χ4n) is 6.48. The third-order valence-electron chi connectivity index (χ3n) is 8.85. The van der Waals surface area contributed by atoms with Gasteiger partial charge in [0.05, 0.1) is 9.79 Å². The molecule has 5 rings (SSSR count). The number of nitrogens with one attached hydrogen (secondary N) is 3. The van der Waals surface area contributed by atoms with E-state index in [1.807, 2.05) is 19.0 Å². The summed E-state index contributed by atoms with van der Waals surface area (Å²) in [7, 11) is -4.86. The molecule has 0 atom stereocenters. The molecule has 0 bridgehead atoms. The summed E-state index contributed by atoms with van der Waals surface area (Å²) in [4.78, 5) is 40.2. The molecule has 49 heavy (non-hydrogen) atoms. The van der Waals surface area contributed by atoms with Gasteiger partial charge in [0.25, 0.3) is 0 Å². The van der Waals surface area contributed by atoms with Crippen LogP contribution in [0.25, 0.3) is 10.8 Å². The summed E-state index contributed by atoms with van der Waals surface area (Å²) in [6.07, 6.45) is 4.16. The number of benzene rings is 3. The van der Waals surface area contributed by atoms with Crippen molar-refractivity contribution in [3.05, 3.63) is 60.7 Å². The molecule has 3 N–H and O–H groups in total. The standard InChI is InChI=1S/C34H42N4O9S2/c1-24(39)35-29-14-10-13-28-27(29)12-11-15-30(28)49(44,45)37-34(22-8-5-9-23-34)47-32(41)31(40)46-33(20-6-4-7-21-33)36-48(42,43)26-18-16-25(17-19-26)38(2)3/h10-19,36-37H,4-9,20-23H2,1-3H3,(H,35,39). The molecule has 2 aliphatic rings. The number of esters is 2. The van der Waals surface area contributed by atoms with Crippen LogP contribution in [0.2, 0.25) is 0 Å². The van der Waals surface area contributed by atoms with Crippen molar-refractivity contribution in [2.24, 2.45) is 0 Å². The first-order chi connectivity index (χ1) is 23.1. The summed E-state index contributed by atoms with van der Waals surface area (Å²) in [5.74, 6) is -3.18.